The van der Waals surface area contributed by atoms with Gasteiger partial charge in [-0.05, 0) is 59.8 Å². The van der Waals surface area contributed by atoms with Crippen molar-refractivity contribution >= 4 is 52.0 Å². The molecule has 0 fully saturated rings. The van der Waals surface area contributed by atoms with Gasteiger partial charge in [-0.15, -0.1) is 0 Å². The van der Waals surface area contributed by atoms with Crippen LogP contribution in [-0.4, -0.2) is 36.3 Å². The predicted molar refractivity (Wildman–Crippen MR) is 146 cm³/mol. The van der Waals surface area contributed by atoms with Crippen molar-refractivity contribution in [2.75, 3.05) is 13.2 Å². The first kappa shape index (κ1) is 26.0. The zero-order valence-electron chi connectivity index (χ0n) is 19.6. The van der Waals surface area contributed by atoms with Gasteiger partial charge in [0, 0.05) is 28.1 Å². The van der Waals surface area contributed by atoms with Crippen molar-refractivity contribution in [2.45, 2.75) is 6.42 Å². The number of halogens is 2. The van der Waals surface area contributed by atoms with Crippen LogP contribution in [0.2, 0.25) is 10.0 Å². The van der Waals surface area contributed by atoms with Gasteiger partial charge >= 0.3 is 0 Å². The van der Waals surface area contributed by atoms with Crippen molar-refractivity contribution in [3.63, 3.8) is 0 Å². The Bertz CT molecular complexity index is 1460. The molecular formula is C28H23Cl2N3O4. The van der Waals surface area contributed by atoms with E-state index in [2.05, 4.69) is 15.8 Å². The summed E-state index contributed by atoms with van der Waals surface area (Å²) in [5, 5.41) is 18.8. The Labute approximate surface area is 223 Å². The number of aromatic hydroxyl groups is 1. The first-order chi connectivity index (χ1) is 17.9. The van der Waals surface area contributed by atoms with Crippen LogP contribution in [0.1, 0.15) is 21.5 Å². The molecule has 4 aromatic rings. The maximum atomic E-state index is 12.3. The summed E-state index contributed by atoms with van der Waals surface area (Å²) >= 11 is 11.8. The molecule has 0 radical (unpaired) electrons. The summed E-state index contributed by atoms with van der Waals surface area (Å²) in [6, 6.07) is 22.7. The number of amides is 2. The summed E-state index contributed by atoms with van der Waals surface area (Å²) in [6.07, 6.45) is 2.21. The molecule has 0 saturated heterocycles. The molecule has 0 aromatic heterocycles. The van der Waals surface area contributed by atoms with E-state index in [1.807, 2.05) is 48.5 Å². The van der Waals surface area contributed by atoms with E-state index in [1.54, 1.807) is 12.1 Å². The summed E-state index contributed by atoms with van der Waals surface area (Å²) in [5.41, 5.74) is 4.54. The van der Waals surface area contributed by atoms with E-state index in [4.69, 9.17) is 27.9 Å². The summed E-state index contributed by atoms with van der Waals surface area (Å²) < 4.78 is 5.80. The van der Waals surface area contributed by atoms with Gasteiger partial charge in [-0.1, -0.05) is 59.6 Å². The first-order valence-electron chi connectivity index (χ1n) is 11.4. The average molecular weight is 536 g/mol. The number of nitrogens with zero attached hydrogens (tertiary/aromatic N) is 1. The molecular weight excluding hydrogens is 513 g/mol. The Hall–Kier alpha value is -4.07. The SMILES string of the molecule is O=C(COc1ccc(/C=N/NC(=O)c2ccc(O)c(Cl)c2)c2ccccc12)NCCc1ccc(Cl)cc1. The van der Waals surface area contributed by atoms with E-state index in [9.17, 15) is 14.7 Å². The lowest BCUT2D eigenvalue weighted by Gasteiger charge is -2.11. The van der Waals surface area contributed by atoms with E-state index < -0.39 is 5.91 Å². The highest BCUT2D eigenvalue weighted by atomic mass is 35.5. The van der Waals surface area contributed by atoms with Crippen LogP contribution in [0.15, 0.2) is 84.0 Å². The number of carbonyl (C=O) groups is 2. The molecule has 0 aliphatic rings. The number of nitrogens with one attached hydrogen (secondary N) is 2. The first-order valence-corrected chi connectivity index (χ1v) is 12.1. The second-order valence-electron chi connectivity index (χ2n) is 8.08. The highest BCUT2D eigenvalue weighted by Crippen LogP contribution is 2.28. The van der Waals surface area contributed by atoms with Crippen molar-refractivity contribution in [2.24, 2.45) is 5.10 Å². The fourth-order valence-corrected chi connectivity index (χ4v) is 3.90. The zero-order chi connectivity index (χ0) is 26.2. The van der Waals surface area contributed by atoms with Crippen molar-refractivity contribution < 1.29 is 19.4 Å². The van der Waals surface area contributed by atoms with Crippen LogP contribution < -0.4 is 15.5 Å². The third kappa shape index (κ3) is 7.00. The van der Waals surface area contributed by atoms with Crippen molar-refractivity contribution in [1.82, 2.24) is 10.7 Å². The number of fused-ring (bicyclic) bond motifs is 1. The molecule has 2 amide bonds. The van der Waals surface area contributed by atoms with Crippen LogP contribution in [0.25, 0.3) is 10.8 Å². The fourth-order valence-electron chi connectivity index (χ4n) is 3.60. The lowest BCUT2D eigenvalue weighted by Crippen LogP contribution is -2.30. The van der Waals surface area contributed by atoms with Gasteiger partial charge in [0.1, 0.15) is 11.5 Å². The highest BCUT2D eigenvalue weighted by Gasteiger charge is 2.10. The second kappa shape index (κ2) is 12.3. The van der Waals surface area contributed by atoms with Crippen molar-refractivity contribution in [3.8, 4) is 11.5 Å². The molecule has 4 aromatic carbocycles. The molecule has 0 heterocycles. The molecule has 0 aliphatic heterocycles. The van der Waals surface area contributed by atoms with Crippen molar-refractivity contribution in [3.05, 3.63) is 106 Å². The zero-order valence-corrected chi connectivity index (χ0v) is 21.1. The van der Waals surface area contributed by atoms with Gasteiger partial charge in [-0.3, -0.25) is 9.59 Å². The molecule has 0 atom stereocenters. The molecule has 9 heteroatoms. The molecule has 0 aliphatic carbocycles. The number of rotatable bonds is 9. The van der Waals surface area contributed by atoms with Gasteiger partial charge < -0.3 is 15.2 Å². The van der Waals surface area contributed by atoms with E-state index in [0.717, 1.165) is 21.9 Å². The van der Waals surface area contributed by atoms with Gasteiger partial charge in [-0.2, -0.15) is 5.10 Å². The van der Waals surface area contributed by atoms with E-state index in [-0.39, 0.29) is 28.8 Å². The summed E-state index contributed by atoms with van der Waals surface area (Å²) in [5.74, 6) is -0.237. The molecule has 0 bridgehead atoms. The minimum Gasteiger partial charge on any atom is -0.506 e. The lowest BCUT2D eigenvalue weighted by atomic mass is 10.0. The number of ether oxygens (including phenoxy) is 1. The van der Waals surface area contributed by atoms with Gasteiger partial charge in [-0.25, -0.2) is 5.43 Å². The van der Waals surface area contributed by atoms with Crippen LogP contribution in [0.4, 0.5) is 0 Å². The number of phenolic OH excluding ortho intramolecular Hbond substituents is 1. The highest BCUT2D eigenvalue weighted by molar-refractivity contribution is 6.32. The molecule has 0 saturated carbocycles. The van der Waals surface area contributed by atoms with E-state index in [1.165, 1.54) is 24.4 Å². The second-order valence-corrected chi connectivity index (χ2v) is 8.92. The summed E-state index contributed by atoms with van der Waals surface area (Å²) in [6.45, 7) is 0.366. The Morgan fingerprint density at radius 2 is 1.70 bits per heavy atom. The quantitative estimate of drug-likeness (QED) is 0.198. The summed E-state index contributed by atoms with van der Waals surface area (Å²) in [4.78, 5) is 24.6. The smallest absolute Gasteiger partial charge is 0.271 e. The largest absolute Gasteiger partial charge is 0.506 e. The van der Waals surface area contributed by atoms with Gasteiger partial charge in [0.2, 0.25) is 0 Å². The molecule has 4 rings (SSSR count). The molecule has 3 N–H and O–H groups in total. The molecule has 7 nitrogen and oxygen atoms in total. The number of hydrogen-bond acceptors (Lipinski definition) is 5. The maximum absolute atomic E-state index is 12.3. The fraction of sp³-hybridized carbons (Fsp3) is 0.107. The standard InChI is InChI=1S/C28H23Cl2N3O4/c29-21-9-5-18(6-10-21)13-14-31-27(35)17-37-26-12-8-20(22-3-1-2-4-23(22)26)16-32-33-28(36)19-7-11-25(34)24(30)15-19/h1-12,15-16,34H,13-14,17H2,(H,31,35)(H,33,36)/b32-16+. The normalized spacial score (nSPS) is 11.0. The topological polar surface area (TPSA) is 100 Å². The number of benzene rings is 4. The summed E-state index contributed by atoms with van der Waals surface area (Å²) in [7, 11) is 0. The Morgan fingerprint density at radius 3 is 2.46 bits per heavy atom. The Morgan fingerprint density at radius 1 is 0.946 bits per heavy atom. The number of phenols is 1. The average Bonchev–Trinajstić information content (AvgIpc) is 2.90. The van der Waals surface area contributed by atoms with Crippen LogP contribution >= 0.6 is 23.2 Å². The molecule has 0 unspecified atom stereocenters. The van der Waals surface area contributed by atoms with Crippen LogP contribution in [0, 0.1) is 0 Å². The molecule has 188 valence electrons. The third-order valence-corrected chi connectivity index (χ3v) is 6.06. The van der Waals surface area contributed by atoms with Gasteiger partial charge in [0.05, 0.1) is 11.2 Å². The van der Waals surface area contributed by atoms with Gasteiger partial charge in [0.25, 0.3) is 11.8 Å². The van der Waals surface area contributed by atoms with E-state index in [0.29, 0.717) is 23.7 Å². The van der Waals surface area contributed by atoms with Crippen LogP contribution in [0.3, 0.4) is 0 Å². The van der Waals surface area contributed by atoms with Gasteiger partial charge in [0.15, 0.2) is 6.61 Å². The predicted octanol–water partition coefficient (Wildman–Crippen LogP) is 5.35. The third-order valence-electron chi connectivity index (χ3n) is 5.51. The number of carbonyl (C=O) groups excluding carboxylic acids is 2. The van der Waals surface area contributed by atoms with Crippen LogP contribution in [0.5, 0.6) is 11.5 Å². The lowest BCUT2D eigenvalue weighted by molar-refractivity contribution is -0.123. The molecule has 0 spiro atoms. The molecule has 37 heavy (non-hydrogen) atoms. The Kier molecular flexibility index (Phi) is 8.61. The Balaban J connectivity index is 1.36. The van der Waals surface area contributed by atoms with Crippen LogP contribution in [-0.2, 0) is 11.2 Å². The monoisotopic (exact) mass is 535 g/mol. The number of hydrazone groups is 1. The van der Waals surface area contributed by atoms with E-state index >= 15 is 0 Å². The maximum Gasteiger partial charge on any atom is 0.271 e. The van der Waals surface area contributed by atoms with Crippen molar-refractivity contribution in [1.29, 1.82) is 0 Å². The minimum atomic E-state index is -0.468. The minimum absolute atomic E-state index is 0.0773. The number of hydrogen-bond donors (Lipinski definition) is 3.